The SMILES string of the molecule is Cc1cccc(C)c1CNc1cc(N2CCC2=O)cc2c1nc(C)n2C. The first-order valence-electron chi connectivity index (χ1n) is 9.02. The molecule has 4 rings (SSSR count). The second kappa shape index (κ2) is 6.16. The van der Waals surface area contributed by atoms with Crippen LogP contribution in [0.25, 0.3) is 11.0 Å². The van der Waals surface area contributed by atoms with Crippen LogP contribution in [0.4, 0.5) is 11.4 Å². The normalized spacial score (nSPS) is 14.0. The van der Waals surface area contributed by atoms with Crippen molar-refractivity contribution in [1.82, 2.24) is 9.55 Å². The van der Waals surface area contributed by atoms with E-state index in [1.165, 1.54) is 16.7 Å². The topological polar surface area (TPSA) is 50.2 Å². The van der Waals surface area contributed by atoms with Crippen LogP contribution in [0.3, 0.4) is 0 Å². The van der Waals surface area contributed by atoms with E-state index in [4.69, 9.17) is 4.98 Å². The number of fused-ring (bicyclic) bond motifs is 1. The molecule has 2 heterocycles. The summed E-state index contributed by atoms with van der Waals surface area (Å²) < 4.78 is 2.08. The number of rotatable bonds is 4. The number of nitrogens with zero attached hydrogens (tertiary/aromatic N) is 3. The average Bonchev–Trinajstić information content (AvgIpc) is 2.88. The lowest BCUT2D eigenvalue weighted by molar-refractivity contribution is -0.122. The smallest absolute Gasteiger partial charge is 0.228 e. The number of anilines is 2. The van der Waals surface area contributed by atoms with E-state index in [1.54, 1.807) is 0 Å². The molecule has 1 fully saturated rings. The quantitative estimate of drug-likeness (QED) is 0.729. The highest BCUT2D eigenvalue weighted by Gasteiger charge is 2.26. The zero-order valence-corrected chi connectivity index (χ0v) is 15.8. The summed E-state index contributed by atoms with van der Waals surface area (Å²) in [5.74, 6) is 1.14. The molecule has 1 aliphatic heterocycles. The van der Waals surface area contributed by atoms with E-state index in [0.29, 0.717) is 6.42 Å². The molecule has 1 N–H and O–H groups in total. The summed E-state index contributed by atoms with van der Waals surface area (Å²) in [7, 11) is 2.02. The summed E-state index contributed by atoms with van der Waals surface area (Å²) in [6.07, 6.45) is 0.633. The Kier molecular flexibility index (Phi) is 3.94. The van der Waals surface area contributed by atoms with Crippen molar-refractivity contribution >= 4 is 28.3 Å². The number of benzene rings is 2. The molecule has 0 radical (unpaired) electrons. The number of nitrogens with one attached hydrogen (secondary N) is 1. The number of hydrogen-bond donors (Lipinski definition) is 1. The van der Waals surface area contributed by atoms with E-state index in [2.05, 4.69) is 54.1 Å². The minimum atomic E-state index is 0.184. The van der Waals surface area contributed by atoms with Crippen LogP contribution in [0.1, 0.15) is 28.9 Å². The molecule has 0 bridgehead atoms. The molecule has 5 nitrogen and oxygen atoms in total. The summed E-state index contributed by atoms with van der Waals surface area (Å²) >= 11 is 0. The second-order valence-electron chi connectivity index (χ2n) is 7.10. The van der Waals surface area contributed by atoms with Gasteiger partial charge in [-0.3, -0.25) is 4.79 Å². The molecule has 5 heteroatoms. The van der Waals surface area contributed by atoms with Crippen molar-refractivity contribution in [2.24, 2.45) is 7.05 Å². The molecule has 1 aromatic heterocycles. The average molecular weight is 348 g/mol. The molecule has 1 aliphatic rings. The first kappa shape index (κ1) is 16.6. The van der Waals surface area contributed by atoms with Crippen molar-refractivity contribution in [3.63, 3.8) is 0 Å². The summed E-state index contributed by atoms with van der Waals surface area (Å²) in [6.45, 7) is 7.81. The fourth-order valence-corrected chi connectivity index (χ4v) is 3.58. The van der Waals surface area contributed by atoms with Crippen LogP contribution >= 0.6 is 0 Å². The summed E-state index contributed by atoms with van der Waals surface area (Å²) in [6, 6.07) is 10.5. The number of aromatic nitrogens is 2. The van der Waals surface area contributed by atoms with E-state index in [9.17, 15) is 4.79 Å². The lowest BCUT2D eigenvalue weighted by atomic mass is 10.0. The third-order valence-corrected chi connectivity index (χ3v) is 5.46. The molecule has 2 aromatic carbocycles. The predicted octanol–water partition coefficient (Wildman–Crippen LogP) is 3.85. The third-order valence-electron chi connectivity index (χ3n) is 5.46. The minimum absolute atomic E-state index is 0.184. The number of carbonyl (C=O) groups excluding carboxylic acids is 1. The standard InChI is InChI=1S/C21H24N4O/c1-13-6-5-7-14(2)17(13)12-22-18-10-16(25-9-8-20(25)26)11-19-21(18)23-15(3)24(19)4/h5-7,10-11,22H,8-9,12H2,1-4H3. The van der Waals surface area contributed by atoms with Gasteiger partial charge in [0, 0.05) is 32.2 Å². The van der Waals surface area contributed by atoms with Crippen molar-refractivity contribution in [3.05, 3.63) is 52.8 Å². The number of imidazole rings is 1. The minimum Gasteiger partial charge on any atom is -0.379 e. The van der Waals surface area contributed by atoms with Gasteiger partial charge >= 0.3 is 0 Å². The Bertz CT molecular complexity index is 998. The van der Waals surface area contributed by atoms with Crippen molar-refractivity contribution in [3.8, 4) is 0 Å². The highest BCUT2D eigenvalue weighted by molar-refractivity contribution is 6.03. The fourth-order valence-electron chi connectivity index (χ4n) is 3.58. The molecular weight excluding hydrogens is 324 g/mol. The van der Waals surface area contributed by atoms with Gasteiger partial charge in [0.2, 0.25) is 5.91 Å². The number of aryl methyl sites for hydroxylation is 4. The van der Waals surface area contributed by atoms with Crippen LogP contribution < -0.4 is 10.2 Å². The highest BCUT2D eigenvalue weighted by Crippen LogP contribution is 2.33. The molecule has 134 valence electrons. The van der Waals surface area contributed by atoms with Gasteiger partial charge in [-0.05, 0) is 49.6 Å². The van der Waals surface area contributed by atoms with Crippen LogP contribution in [-0.4, -0.2) is 22.0 Å². The second-order valence-corrected chi connectivity index (χ2v) is 7.10. The van der Waals surface area contributed by atoms with Crippen LogP contribution in [0.15, 0.2) is 30.3 Å². The Labute approximate surface area is 153 Å². The van der Waals surface area contributed by atoms with Gasteiger partial charge in [0.15, 0.2) is 0 Å². The molecule has 0 unspecified atom stereocenters. The van der Waals surface area contributed by atoms with Gasteiger partial charge in [-0.1, -0.05) is 18.2 Å². The number of hydrogen-bond acceptors (Lipinski definition) is 3. The van der Waals surface area contributed by atoms with E-state index < -0.39 is 0 Å². The lowest BCUT2D eigenvalue weighted by Gasteiger charge is -2.31. The van der Waals surface area contributed by atoms with Gasteiger partial charge in [-0.25, -0.2) is 4.98 Å². The first-order valence-corrected chi connectivity index (χ1v) is 9.02. The zero-order chi connectivity index (χ0) is 18.4. The fraction of sp³-hybridized carbons (Fsp3) is 0.333. The maximum Gasteiger partial charge on any atom is 0.228 e. The number of carbonyl (C=O) groups is 1. The summed E-state index contributed by atoms with van der Waals surface area (Å²) in [5.41, 5.74) is 7.78. The molecule has 0 aliphatic carbocycles. The Balaban J connectivity index is 1.75. The van der Waals surface area contributed by atoms with Crippen LogP contribution in [0.2, 0.25) is 0 Å². The summed E-state index contributed by atoms with van der Waals surface area (Å²) in [5, 5.41) is 3.57. The van der Waals surface area contributed by atoms with Gasteiger partial charge in [0.05, 0.1) is 11.2 Å². The molecular formula is C21H24N4O. The third kappa shape index (κ3) is 2.64. The van der Waals surface area contributed by atoms with Crippen molar-refractivity contribution in [2.75, 3.05) is 16.8 Å². The molecule has 0 spiro atoms. The van der Waals surface area contributed by atoms with Crippen molar-refractivity contribution in [2.45, 2.75) is 33.7 Å². The maximum absolute atomic E-state index is 11.9. The Morgan fingerprint density at radius 1 is 1.15 bits per heavy atom. The molecule has 0 saturated carbocycles. The van der Waals surface area contributed by atoms with Gasteiger partial charge in [0.1, 0.15) is 11.3 Å². The molecule has 0 atom stereocenters. The molecule has 1 saturated heterocycles. The first-order chi connectivity index (χ1) is 12.5. The Morgan fingerprint density at radius 3 is 2.50 bits per heavy atom. The van der Waals surface area contributed by atoms with E-state index in [-0.39, 0.29) is 5.91 Å². The van der Waals surface area contributed by atoms with Gasteiger partial charge in [0.25, 0.3) is 0 Å². The van der Waals surface area contributed by atoms with Crippen molar-refractivity contribution in [1.29, 1.82) is 0 Å². The summed E-state index contributed by atoms with van der Waals surface area (Å²) in [4.78, 5) is 18.5. The van der Waals surface area contributed by atoms with Gasteiger partial charge in [-0.2, -0.15) is 0 Å². The van der Waals surface area contributed by atoms with Gasteiger partial charge in [-0.15, -0.1) is 0 Å². The largest absolute Gasteiger partial charge is 0.379 e. The van der Waals surface area contributed by atoms with Crippen LogP contribution in [-0.2, 0) is 18.4 Å². The lowest BCUT2D eigenvalue weighted by Crippen LogP contribution is -2.43. The van der Waals surface area contributed by atoms with E-state index >= 15 is 0 Å². The maximum atomic E-state index is 11.9. The van der Waals surface area contributed by atoms with E-state index in [1.807, 2.05) is 18.9 Å². The van der Waals surface area contributed by atoms with Crippen LogP contribution in [0, 0.1) is 20.8 Å². The highest BCUT2D eigenvalue weighted by atomic mass is 16.2. The molecule has 26 heavy (non-hydrogen) atoms. The van der Waals surface area contributed by atoms with Crippen LogP contribution in [0.5, 0.6) is 0 Å². The predicted molar refractivity (Wildman–Crippen MR) is 106 cm³/mol. The zero-order valence-electron chi connectivity index (χ0n) is 15.8. The Morgan fingerprint density at radius 2 is 1.88 bits per heavy atom. The number of amides is 1. The van der Waals surface area contributed by atoms with Crippen molar-refractivity contribution < 1.29 is 4.79 Å². The monoisotopic (exact) mass is 348 g/mol. The van der Waals surface area contributed by atoms with Gasteiger partial charge < -0.3 is 14.8 Å². The van der Waals surface area contributed by atoms with E-state index in [0.717, 1.165) is 41.3 Å². The molecule has 1 amide bonds. The Hall–Kier alpha value is -2.82. The molecule has 3 aromatic rings. The number of β-lactam (4-membered cyclic amide) rings is 1.